The predicted octanol–water partition coefficient (Wildman–Crippen LogP) is -1.38. The molecule has 4 N–H and O–H groups in total. The van der Waals surface area contributed by atoms with Gasteiger partial charge < -0.3 is 14.2 Å². The molecule has 0 aromatic heterocycles. The maximum absolute atomic E-state index is 5.02. The topological polar surface area (TPSA) is 89.6 Å². The fourth-order valence-corrected chi connectivity index (χ4v) is 0.0833. The van der Waals surface area contributed by atoms with Crippen molar-refractivity contribution in [1.29, 1.82) is 0 Å². The Morgan fingerprint density at radius 3 is 1.09 bits per heavy atom. The Hall–Kier alpha value is -0.200. The van der Waals surface area contributed by atoms with Gasteiger partial charge in [-0.15, -0.1) is 0 Å². The molecular formula is C6H14N2O3. The molecule has 0 amide bonds. The Morgan fingerprint density at radius 2 is 1.09 bits per heavy atom. The third kappa shape index (κ3) is 12.9. The second-order valence-electron chi connectivity index (χ2n) is 2.47. The number of ether oxygens (including phenoxy) is 3. The van der Waals surface area contributed by atoms with E-state index in [1.807, 2.05) is 0 Å². The van der Waals surface area contributed by atoms with Gasteiger partial charge in [-0.2, -0.15) is 0 Å². The van der Waals surface area contributed by atoms with Gasteiger partial charge in [-0.05, 0) is 0 Å². The van der Waals surface area contributed by atoms with Crippen molar-refractivity contribution in [2.45, 2.75) is 5.85 Å². The van der Waals surface area contributed by atoms with Gasteiger partial charge in [-0.3, -0.25) is 11.5 Å². The quantitative estimate of drug-likeness (QED) is 0.338. The third-order valence-electron chi connectivity index (χ3n) is 0.886. The van der Waals surface area contributed by atoms with Crippen LogP contribution in [0.4, 0.5) is 0 Å². The summed E-state index contributed by atoms with van der Waals surface area (Å²) < 4.78 is 13.5. The monoisotopic (exact) mass is 162 g/mol. The SMILES string of the molecule is C1CO1.C1CO1.NC1(N)CO1. The average Bonchev–Trinajstić information content (AvgIpc) is 2.79. The van der Waals surface area contributed by atoms with Gasteiger partial charge in [-0.1, -0.05) is 0 Å². The van der Waals surface area contributed by atoms with Crippen LogP contribution < -0.4 is 11.5 Å². The maximum Gasteiger partial charge on any atom is 0.194 e. The first kappa shape index (κ1) is 8.89. The van der Waals surface area contributed by atoms with Crippen molar-refractivity contribution < 1.29 is 14.2 Å². The molecule has 3 rings (SSSR count). The van der Waals surface area contributed by atoms with Crippen molar-refractivity contribution in [2.24, 2.45) is 11.5 Å². The minimum atomic E-state index is -0.750. The van der Waals surface area contributed by atoms with Gasteiger partial charge in [0.1, 0.15) is 6.61 Å². The van der Waals surface area contributed by atoms with Crippen LogP contribution in [0, 0.1) is 0 Å². The second kappa shape index (κ2) is 3.99. The van der Waals surface area contributed by atoms with Crippen molar-refractivity contribution in [3.8, 4) is 0 Å². The molecule has 3 aliphatic heterocycles. The molecule has 3 aliphatic rings. The highest BCUT2D eigenvalue weighted by Crippen LogP contribution is 2.08. The summed E-state index contributed by atoms with van der Waals surface area (Å²) in [6, 6.07) is 0. The zero-order chi connectivity index (χ0) is 8.16. The van der Waals surface area contributed by atoms with E-state index in [1.165, 1.54) is 0 Å². The lowest BCUT2D eigenvalue weighted by atomic mass is 10.7. The number of rotatable bonds is 0. The molecule has 3 fully saturated rings. The van der Waals surface area contributed by atoms with Gasteiger partial charge in [0, 0.05) is 0 Å². The largest absolute Gasteiger partial charge is 0.377 e. The molecule has 0 aromatic rings. The van der Waals surface area contributed by atoms with Gasteiger partial charge in [-0.25, -0.2) is 0 Å². The van der Waals surface area contributed by atoms with E-state index in [2.05, 4.69) is 14.2 Å². The molecule has 3 heterocycles. The Labute approximate surface area is 65.6 Å². The van der Waals surface area contributed by atoms with E-state index in [0.717, 1.165) is 26.4 Å². The van der Waals surface area contributed by atoms with Gasteiger partial charge in [0.15, 0.2) is 5.85 Å². The molecule has 5 heteroatoms. The highest BCUT2D eigenvalue weighted by molar-refractivity contribution is 4.75. The zero-order valence-electron chi connectivity index (χ0n) is 6.41. The minimum absolute atomic E-state index is 0.507. The number of nitrogens with two attached hydrogens (primary N) is 2. The second-order valence-corrected chi connectivity index (χ2v) is 2.47. The first-order valence-corrected chi connectivity index (χ1v) is 3.58. The van der Waals surface area contributed by atoms with E-state index in [9.17, 15) is 0 Å². The molecule has 0 aromatic carbocycles. The van der Waals surface area contributed by atoms with Gasteiger partial charge in [0.25, 0.3) is 0 Å². The summed E-state index contributed by atoms with van der Waals surface area (Å²) in [6.07, 6.45) is 0. The molecular weight excluding hydrogens is 148 g/mol. The Morgan fingerprint density at radius 1 is 0.909 bits per heavy atom. The Bertz CT molecular complexity index is 96.9. The van der Waals surface area contributed by atoms with Crippen molar-refractivity contribution in [3.63, 3.8) is 0 Å². The molecule has 0 saturated carbocycles. The van der Waals surface area contributed by atoms with Crippen molar-refractivity contribution >= 4 is 0 Å². The number of epoxide rings is 3. The summed E-state index contributed by atoms with van der Waals surface area (Å²) in [5.74, 6) is -0.750. The van der Waals surface area contributed by atoms with Crippen LogP contribution in [0.3, 0.4) is 0 Å². The lowest BCUT2D eigenvalue weighted by Gasteiger charge is -1.84. The molecule has 0 aliphatic carbocycles. The average molecular weight is 162 g/mol. The van der Waals surface area contributed by atoms with Crippen LogP contribution in [0.5, 0.6) is 0 Å². The van der Waals surface area contributed by atoms with E-state index in [-0.39, 0.29) is 0 Å². The Kier molecular flexibility index (Phi) is 3.22. The van der Waals surface area contributed by atoms with E-state index in [1.54, 1.807) is 0 Å². The van der Waals surface area contributed by atoms with Gasteiger partial charge in [0.2, 0.25) is 0 Å². The normalized spacial score (nSPS) is 26.7. The predicted molar refractivity (Wildman–Crippen MR) is 38.7 cm³/mol. The van der Waals surface area contributed by atoms with Crippen LogP contribution in [0.25, 0.3) is 0 Å². The summed E-state index contributed by atoms with van der Waals surface area (Å²) in [6.45, 7) is 4.51. The standard InChI is InChI=1S/C2H6N2O.2C2H4O/c3-2(4)1-5-2;2*1-2-3-1/h1,3-4H2;2*1-2H2. The number of hydrogen-bond donors (Lipinski definition) is 2. The first-order valence-electron chi connectivity index (χ1n) is 3.58. The van der Waals surface area contributed by atoms with E-state index in [0.29, 0.717) is 6.61 Å². The van der Waals surface area contributed by atoms with Crippen LogP contribution in [0.2, 0.25) is 0 Å². The molecule has 66 valence electrons. The molecule has 0 spiro atoms. The van der Waals surface area contributed by atoms with Gasteiger partial charge in [0.05, 0.1) is 26.4 Å². The minimum Gasteiger partial charge on any atom is -0.377 e. The lowest BCUT2D eigenvalue weighted by Crippen LogP contribution is -2.34. The van der Waals surface area contributed by atoms with E-state index in [4.69, 9.17) is 11.5 Å². The molecule has 0 radical (unpaired) electrons. The Balaban J connectivity index is 0.0000000871. The smallest absolute Gasteiger partial charge is 0.194 e. The van der Waals surface area contributed by atoms with Crippen LogP contribution in [-0.4, -0.2) is 38.9 Å². The summed E-state index contributed by atoms with van der Waals surface area (Å²) >= 11 is 0. The number of hydrogen-bond acceptors (Lipinski definition) is 5. The van der Waals surface area contributed by atoms with Crippen LogP contribution in [-0.2, 0) is 14.2 Å². The lowest BCUT2D eigenvalue weighted by molar-refractivity contribution is 0.319. The van der Waals surface area contributed by atoms with Crippen molar-refractivity contribution in [3.05, 3.63) is 0 Å². The molecule has 11 heavy (non-hydrogen) atoms. The zero-order valence-corrected chi connectivity index (χ0v) is 6.41. The first-order chi connectivity index (χ1) is 5.21. The molecule has 0 unspecified atom stereocenters. The van der Waals surface area contributed by atoms with Crippen molar-refractivity contribution in [2.75, 3.05) is 33.0 Å². The van der Waals surface area contributed by atoms with E-state index < -0.39 is 5.85 Å². The highest BCUT2D eigenvalue weighted by Gasteiger charge is 2.34. The summed E-state index contributed by atoms with van der Waals surface area (Å²) in [5.41, 5.74) is 10.0. The molecule has 5 nitrogen and oxygen atoms in total. The molecule has 0 atom stereocenters. The summed E-state index contributed by atoms with van der Waals surface area (Å²) in [4.78, 5) is 0. The van der Waals surface area contributed by atoms with Crippen LogP contribution in [0.1, 0.15) is 0 Å². The third-order valence-corrected chi connectivity index (χ3v) is 0.886. The van der Waals surface area contributed by atoms with E-state index >= 15 is 0 Å². The fraction of sp³-hybridized carbons (Fsp3) is 1.00. The highest BCUT2D eigenvalue weighted by atomic mass is 16.6. The molecule has 0 bridgehead atoms. The van der Waals surface area contributed by atoms with Crippen LogP contribution in [0.15, 0.2) is 0 Å². The van der Waals surface area contributed by atoms with Crippen LogP contribution >= 0.6 is 0 Å². The summed E-state index contributed by atoms with van der Waals surface area (Å²) in [7, 11) is 0. The summed E-state index contributed by atoms with van der Waals surface area (Å²) in [5, 5.41) is 0. The fourth-order valence-electron chi connectivity index (χ4n) is 0.0833. The van der Waals surface area contributed by atoms with Gasteiger partial charge >= 0.3 is 0 Å². The van der Waals surface area contributed by atoms with Crippen molar-refractivity contribution in [1.82, 2.24) is 0 Å². The molecule has 3 saturated heterocycles. The maximum atomic E-state index is 5.02.